The number of aromatic nitrogens is 2. The van der Waals surface area contributed by atoms with Gasteiger partial charge in [-0.05, 0) is 31.2 Å². The van der Waals surface area contributed by atoms with Crippen molar-refractivity contribution in [1.29, 1.82) is 0 Å². The van der Waals surface area contributed by atoms with Gasteiger partial charge in [0.1, 0.15) is 0 Å². The molecule has 0 aromatic carbocycles. The minimum Gasteiger partial charge on any atom is -0.327 e. The number of nitrogens with two attached hydrogens (primary N) is 1. The zero-order chi connectivity index (χ0) is 11.4. The van der Waals surface area contributed by atoms with Crippen molar-refractivity contribution in [2.24, 2.45) is 5.73 Å². The van der Waals surface area contributed by atoms with Crippen molar-refractivity contribution in [2.75, 3.05) is 0 Å². The van der Waals surface area contributed by atoms with Gasteiger partial charge in [0, 0.05) is 12.2 Å². The van der Waals surface area contributed by atoms with Crippen LogP contribution < -0.4 is 5.73 Å². The summed E-state index contributed by atoms with van der Waals surface area (Å²) in [7, 11) is 0. The van der Waals surface area contributed by atoms with Crippen LogP contribution in [0.25, 0.3) is 0 Å². The zero-order valence-electron chi connectivity index (χ0n) is 10.2. The molecule has 1 heterocycles. The fraction of sp³-hybridized carbons (Fsp3) is 0.769. The first-order chi connectivity index (χ1) is 7.79. The van der Waals surface area contributed by atoms with Crippen molar-refractivity contribution in [3.05, 3.63) is 18.0 Å². The van der Waals surface area contributed by atoms with E-state index in [9.17, 15) is 0 Å². The number of nitrogens with zero attached hydrogens (tertiary/aromatic N) is 2. The third-order valence-corrected chi connectivity index (χ3v) is 3.63. The second-order valence-corrected chi connectivity index (χ2v) is 4.99. The molecule has 0 bridgehead atoms. The smallest absolute Gasteiger partial charge is 0.0522 e. The molecule has 1 aliphatic rings. The van der Waals surface area contributed by atoms with Gasteiger partial charge in [-0.2, -0.15) is 5.10 Å². The molecule has 16 heavy (non-hydrogen) atoms. The van der Waals surface area contributed by atoms with Crippen LogP contribution in [0, 0.1) is 0 Å². The molecule has 1 fully saturated rings. The van der Waals surface area contributed by atoms with Gasteiger partial charge in [-0.3, -0.25) is 4.68 Å². The molecule has 0 spiro atoms. The van der Waals surface area contributed by atoms with Crippen molar-refractivity contribution in [3.63, 3.8) is 0 Å². The zero-order valence-corrected chi connectivity index (χ0v) is 10.2. The standard InChI is InChI=1S/C13H23N3/c1-2-12(14)8-11-9-15-16(10-11)13-6-4-3-5-7-13/h9-10,12-13H,2-8,14H2,1H3. The van der Waals surface area contributed by atoms with E-state index < -0.39 is 0 Å². The average Bonchev–Trinajstić information content (AvgIpc) is 2.78. The number of rotatable bonds is 4. The van der Waals surface area contributed by atoms with Crippen molar-refractivity contribution in [3.8, 4) is 0 Å². The maximum atomic E-state index is 5.96. The normalized spacial score (nSPS) is 19.9. The van der Waals surface area contributed by atoms with E-state index in [-0.39, 0.29) is 6.04 Å². The molecule has 3 nitrogen and oxygen atoms in total. The fourth-order valence-corrected chi connectivity index (χ4v) is 2.48. The molecule has 1 aliphatic carbocycles. The molecule has 1 unspecified atom stereocenters. The van der Waals surface area contributed by atoms with E-state index in [1.807, 2.05) is 6.20 Å². The second kappa shape index (κ2) is 5.48. The lowest BCUT2D eigenvalue weighted by molar-refractivity contribution is 0.329. The third kappa shape index (κ3) is 2.85. The van der Waals surface area contributed by atoms with Gasteiger partial charge in [-0.1, -0.05) is 26.2 Å². The minimum absolute atomic E-state index is 0.281. The van der Waals surface area contributed by atoms with E-state index in [0.717, 1.165) is 12.8 Å². The minimum atomic E-state index is 0.281. The largest absolute Gasteiger partial charge is 0.327 e. The lowest BCUT2D eigenvalue weighted by Gasteiger charge is -2.21. The topological polar surface area (TPSA) is 43.8 Å². The van der Waals surface area contributed by atoms with E-state index in [1.165, 1.54) is 37.7 Å². The van der Waals surface area contributed by atoms with Gasteiger partial charge < -0.3 is 5.73 Å². The highest BCUT2D eigenvalue weighted by atomic mass is 15.3. The molecule has 0 aliphatic heterocycles. The average molecular weight is 221 g/mol. The molecule has 0 amide bonds. The highest BCUT2D eigenvalue weighted by molar-refractivity contribution is 5.06. The van der Waals surface area contributed by atoms with Crippen molar-refractivity contribution >= 4 is 0 Å². The van der Waals surface area contributed by atoms with Crippen LogP contribution in [-0.4, -0.2) is 15.8 Å². The quantitative estimate of drug-likeness (QED) is 0.849. The number of hydrogen-bond donors (Lipinski definition) is 1. The summed E-state index contributed by atoms with van der Waals surface area (Å²) < 4.78 is 2.16. The Hall–Kier alpha value is -0.830. The summed E-state index contributed by atoms with van der Waals surface area (Å²) in [5.74, 6) is 0. The summed E-state index contributed by atoms with van der Waals surface area (Å²) in [4.78, 5) is 0. The van der Waals surface area contributed by atoms with Gasteiger partial charge in [0.2, 0.25) is 0 Å². The molecule has 2 N–H and O–H groups in total. The lowest BCUT2D eigenvalue weighted by Crippen LogP contribution is -2.21. The monoisotopic (exact) mass is 221 g/mol. The number of hydrogen-bond acceptors (Lipinski definition) is 2. The SMILES string of the molecule is CCC(N)Cc1cnn(C2CCCCC2)c1. The van der Waals surface area contributed by atoms with Gasteiger partial charge >= 0.3 is 0 Å². The first-order valence-electron chi connectivity index (χ1n) is 6.58. The Kier molecular flexibility index (Phi) is 3.99. The van der Waals surface area contributed by atoms with E-state index >= 15 is 0 Å². The van der Waals surface area contributed by atoms with Crippen molar-refractivity contribution in [2.45, 2.75) is 64.0 Å². The van der Waals surface area contributed by atoms with Gasteiger partial charge in [-0.25, -0.2) is 0 Å². The van der Waals surface area contributed by atoms with Crippen molar-refractivity contribution in [1.82, 2.24) is 9.78 Å². The van der Waals surface area contributed by atoms with Crippen LogP contribution in [-0.2, 0) is 6.42 Å². The van der Waals surface area contributed by atoms with Gasteiger partial charge in [0.15, 0.2) is 0 Å². The van der Waals surface area contributed by atoms with Crippen LogP contribution in [0.15, 0.2) is 12.4 Å². The molecular formula is C13H23N3. The Morgan fingerprint density at radius 2 is 2.19 bits per heavy atom. The van der Waals surface area contributed by atoms with Crippen molar-refractivity contribution < 1.29 is 0 Å². The van der Waals surface area contributed by atoms with Crippen LogP contribution >= 0.6 is 0 Å². The molecule has 3 heteroatoms. The van der Waals surface area contributed by atoms with E-state index in [1.54, 1.807) is 0 Å². The van der Waals surface area contributed by atoms with E-state index in [0.29, 0.717) is 6.04 Å². The Morgan fingerprint density at radius 3 is 2.88 bits per heavy atom. The van der Waals surface area contributed by atoms with Gasteiger partial charge in [0.25, 0.3) is 0 Å². The highest BCUT2D eigenvalue weighted by Gasteiger charge is 2.16. The molecule has 1 aromatic rings. The summed E-state index contributed by atoms with van der Waals surface area (Å²) in [5, 5.41) is 4.49. The molecule has 90 valence electrons. The summed E-state index contributed by atoms with van der Waals surface area (Å²) in [5.41, 5.74) is 7.25. The Labute approximate surface area is 98.0 Å². The first kappa shape index (κ1) is 11.6. The molecule has 1 aromatic heterocycles. The van der Waals surface area contributed by atoms with Crippen LogP contribution in [0.1, 0.15) is 57.1 Å². The van der Waals surface area contributed by atoms with Crippen LogP contribution in [0.4, 0.5) is 0 Å². The molecule has 1 saturated carbocycles. The molecule has 0 radical (unpaired) electrons. The predicted octanol–water partition coefficient (Wildman–Crippen LogP) is 2.67. The molecule has 2 rings (SSSR count). The molecular weight excluding hydrogens is 198 g/mol. The molecule has 1 atom stereocenters. The lowest BCUT2D eigenvalue weighted by atomic mass is 9.96. The maximum absolute atomic E-state index is 5.96. The highest BCUT2D eigenvalue weighted by Crippen LogP contribution is 2.27. The van der Waals surface area contributed by atoms with Crippen LogP contribution in [0.2, 0.25) is 0 Å². The first-order valence-corrected chi connectivity index (χ1v) is 6.58. The predicted molar refractivity (Wildman–Crippen MR) is 66.3 cm³/mol. The van der Waals surface area contributed by atoms with E-state index in [2.05, 4.69) is 22.9 Å². The summed E-state index contributed by atoms with van der Waals surface area (Å²) in [6, 6.07) is 0.921. The fourth-order valence-electron chi connectivity index (χ4n) is 2.48. The third-order valence-electron chi connectivity index (χ3n) is 3.63. The van der Waals surface area contributed by atoms with Gasteiger partial charge in [-0.15, -0.1) is 0 Å². The summed E-state index contributed by atoms with van der Waals surface area (Å²) in [6.45, 7) is 2.14. The van der Waals surface area contributed by atoms with Crippen LogP contribution in [0.5, 0.6) is 0 Å². The van der Waals surface area contributed by atoms with E-state index in [4.69, 9.17) is 5.73 Å². The Balaban J connectivity index is 1.95. The maximum Gasteiger partial charge on any atom is 0.0522 e. The second-order valence-electron chi connectivity index (χ2n) is 4.99. The Bertz CT molecular complexity index is 313. The Morgan fingerprint density at radius 1 is 1.44 bits per heavy atom. The summed E-state index contributed by atoms with van der Waals surface area (Å²) >= 11 is 0. The summed E-state index contributed by atoms with van der Waals surface area (Å²) in [6.07, 6.45) is 12.9. The molecule has 0 saturated heterocycles. The van der Waals surface area contributed by atoms with Gasteiger partial charge in [0.05, 0.1) is 12.2 Å². The van der Waals surface area contributed by atoms with Crippen LogP contribution in [0.3, 0.4) is 0 Å².